The largest absolute Gasteiger partial charge is 0.481 e. The van der Waals surface area contributed by atoms with Crippen molar-refractivity contribution in [3.05, 3.63) is 22.4 Å². The van der Waals surface area contributed by atoms with Crippen LogP contribution in [0.4, 0.5) is 0 Å². The lowest BCUT2D eigenvalue weighted by Gasteiger charge is -2.21. The van der Waals surface area contributed by atoms with E-state index in [9.17, 15) is 9.59 Å². The Balaban J connectivity index is 1.97. The molecule has 19 heavy (non-hydrogen) atoms. The summed E-state index contributed by atoms with van der Waals surface area (Å²) in [6, 6.07) is 3.91. The summed E-state index contributed by atoms with van der Waals surface area (Å²) in [5.41, 5.74) is 0. The smallest absolute Gasteiger partial charge is 0.307 e. The third kappa shape index (κ3) is 3.54. The summed E-state index contributed by atoms with van der Waals surface area (Å²) in [6.45, 7) is 1.49. The maximum absolute atomic E-state index is 12.3. The second kappa shape index (κ2) is 6.16. The first-order chi connectivity index (χ1) is 9.13. The van der Waals surface area contributed by atoms with Crippen molar-refractivity contribution in [2.24, 2.45) is 11.8 Å². The average molecular weight is 283 g/mol. The normalized spacial score (nSPS) is 21.1. The van der Waals surface area contributed by atoms with Gasteiger partial charge in [0.15, 0.2) is 0 Å². The Morgan fingerprint density at radius 1 is 1.53 bits per heavy atom. The molecular weight excluding hydrogens is 266 g/mol. The quantitative estimate of drug-likeness (QED) is 0.822. The van der Waals surface area contributed by atoms with Gasteiger partial charge in [0.1, 0.15) is 0 Å². The molecule has 1 N–H and O–H groups in total. The van der Waals surface area contributed by atoms with Gasteiger partial charge in [-0.1, -0.05) is 6.07 Å². The lowest BCUT2D eigenvalue weighted by molar-refractivity contribution is -0.142. The number of carbonyl (C=O) groups is 2. The van der Waals surface area contributed by atoms with E-state index in [0.29, 0.717) is 26.1 Å². The van der Waals surface area contributed by atoms with Crippen molar-refractivity contribution < 1.29 is 19.4 Å². The molecule has 1 heterocycles. The average Bonchev–Trinajstić information content (AvgIpc) is 3.04. The molecule has 2 atom stereocenters. The van der Waals surface area contributed by atoms with Gasteiger partial charge in [0.25, 0.3) is 0 Å². The Morgan fingerprint density at radius 3 is 2.84 bits per heavy atom. The molecule has 0 radical (unpaired) electrons. The van der Waals surface area contributed by atoms with Gasteiger partial charge >= 0.3 is 5.97 Å². The summed E-state index contributed by atoms with van der Waals surface area (Å²) in [7, 11) is 1.59. The third-order valence-corrected chi connectivity index (χ3v) is 4.09. The van der Waals surface area contributed by atoms with Crippen molar-refractivity contribution >= 4 is 23.2 Å². The number of rotatable bonds is 7. The summed E-state index contributed by atoms with van der Waals surface area (Å²) >= 11 is 1.59. The van der Waals surface area contributed by atoms with E-state index in [4.69, 9.17) is 9.84 Å². The van der Waals surface area contributed by atoms with Gasteiger partial charge in [-0.25, -0.2) is 0 Å². The number of hydrogen-bond acceptors (Lipinski definition) is 4. The summed E-state index contributed by atoms with van der Waals surface area (Å²) < 4.78 is 5.01. The molecule has 6 heteroatoms. The zero-order valence-electron chi connectivity index (χ0n) is 10.7. The highest BCUT2D eigenvalue weighted by Crippen LogP contribution is 2.40. The molecule has 0 aromatic carbocycles. The molecule has 0 spiro atoms. The van der Waals surface area contributed by atoms with E-state index in [1.807, 2.05) is 17.5 Å². The molecule has 0 unspecified atom stereocenters. The molecule has 0 aliphatic heterocycles. The molecule has 0 bridgehead atoms. The minimum Gasteiger partial charge on any atom is -0.481 e. The van der Waals surface area contributed by atoms with E-state index < -0.39 is 11.9 Å². The molecule has 1 aromatic heterocycles. The summed E-state index contributed by atoms with van der Waals surface area (Å²) in [4.78, 5) is 25.9. The highest BCUT2D eigenvalue weighted by Gasteiger charge is 2.49. The van der Waals surface area contributed by atoms with Crippen molar-refractivity contribution in [3.8, 4) is 0 Å². The second-order valence-corrected chi connectivity index (χ2v) is 5.65. The van der Waals surface area contributed by atoms with Crippen LogP contribution in [0.2, 0.25) is 0 Å². The first-order valence-corrected chi connectivity index (χ1v) is 7.04. The Hall–Kier alpha value is -1.40. The highest BCUT2D eigenvalue weighted by atomic mass is 32.1. The van der Waals surface area contributed by atoms with Gasteiger partial charge in [0.2, 0.25) is 5.91 Å². The van der Waals surface area contributed by atoms with E-state index in [-0.39, 0.29) is 11.8 Å². The van der Waals surface area contributed by atoms with Crippen molar-refractivity contribution in [1.29, 1.82) is 0 Å². The number of carboxylic acids is 1. The number of carboxylic acid groups (broad SMARTS) is 1. The van der Waals surface area contributed by atoms with E-state index in [2.05, 4.69) is 0 Å². The Labute approximate surface area is 115 Å². The SMILES string of the molecule is COCCN(Cc1cccs1)C(=O)[C@@H]1C[C@@H]1C(=O)O. The first kappa shape index (κ1) is 14.0. The van der Waals surface area contributed by atoms with E-state index in [0.717, 1.165) is 4.88 Å². The van der Waals surface area contributed by atoms with Gasteiger partial charge in [0, 0.05) is 18.5 Å². The van der Waals surface area contributed by atoms with Crippen molar-refractivity contribution in [3.63, 3.8) is 0 Å². The fourth-order valence-electron chi connectivity index (χ4n) is 2.03. The van der Waals surface area contributed by atoms with Gasteiger partial charge in [-0.2, -0.15) is 0 Å². The monoisotopic (exact) mass is 283 g/mol. The molecular formula is C13H17NO4S. The number of nitrogens with zero attached hydrogens (tertiary/aromatic N) is 1. The third-order valence-electron chi connectivity index (χ3n) is 3.23. The molecule has 104 valence electrons. The predicted molar refractivity (Wildman–Crippen MR) is 70.8 cm³/mol. The van der Waals surface area contributed by atoms with Crippen molar-refractivity contribution in [2.75, 3.05) is 20.3 Å². The van der Waals surface area contributed by atoms with Crippen molar-refractivity contribution in [1.82, 2.24) is 4.90 Å². The summed E-state index contributed by atoms with van der Waals surface area (Å²) in [6.07, 6.45) is 0.460. The number of hydrogen-bond donors (Lipinski definition) is 1. The Kier molecular flexibility index (Phi) is 4.55. The number of amides is 1. The standard InChI is InChI=1S/C13H17NO4S/c1-18-5-4-14(8-9-3-2-6-19-9)12(15)10-7-11(10)13(16)17/h2-3,6,10-11H,4-5,7-8H2,1H3,(H,16,17)/t10-,11+/m1/s1. The maximum Gasteiger partial charge on any atom is 0.307 e. The van der Waals surface area contributed by atoms with Crippen LogP contribution < -0.4 is 0 Å². The summed E-state index contributed by atoms with van der Waals surface area (Å²) in [5.74, 6) is -1.80. The second-order valence-electron chi connectivity index (χ2n) is 4.62. The molecule has 5 nitrogen and oxygen atoms in total. The molecule has 2 rings (SSSR count). The highest BCUT2D eigenvalue weighted by molar-refractivity contribution is 7.09. The summed E-state index contributed by atoms with van der Waals surface area (Å²) in [5, 5.41) is 10.9. The van der Waals surface area contributed by atoms with E-state index in [1.165, 1.54) is 0 Å². The van der Waals surface area contributed by atoms with E-state index in [1.54, 1.807) is 23.3 Å². The van der Waals surface area contributed by atoms with E-state index >= 15 is 0 Å². The first-order valence-electron chi connectivity index (χ1n) is 6.16. The van der Waals surface area contributed by atoms with Crippen LogP contribution in [0.5, 0.6) is 0 Å². The van der Waals surface area contributed by atoms with Crippen molar-refractivity contribution in [2.45, 2.75) is 13.0 Å². The zero-order chi connectivity index (χ0) is 13.8. The van der Waals surface area contributed by atoms with Gasteiger partial charge in [-0.15, -0.1) is 11.3 Å². The fraction of sp³-hybridized carbons (Fsp3) is 0.538. The predicted octanol–water partition coefficient (Wildman–Crippen LogP) is 1.44. The van der Waals surface area contributed by atoms with Crippen LogP contribution in [0, 0.1) is 11.8 Å². The molecule has 1 aliphatic rings. The van der Waals surface area contributed by atoms with Crippen LogP contribution in [-0.2, 0) is 20.9 Å². The lowest BCUT2D eigenvalue weighted by atomic mass is 10.2. The van der Waals surface area contributed by atoms with Crippen LogP contribution in [-0.4, -0.2) is 42.1 Å². The lowest BCUT2D eigenvalue weighted by Crippen LogP contribution is -2.35. The minimum absolute atomic E-state index is 0.0714. The Bertz CT molecular complexity index is 446. The number of aliphatic carboxylic acids is 1. The molecule has 0 saturated heterocycles. The zero-order valence-corrected chi connectivity index (χ0v) is 11.6. The fourth-order valence-corrected chi connectivity index (χ4v) is 2.75. The van der Waals surface area contributed by atoms with Crippen LogP contribution >= 0.6 is 11.3 Å². The van der Waals surface area contributed by atoms with Gasteiger partial charge in [-0.3, -0.25) is 9.59 Å². The van der Waals surface area contributed by atoms with Crippen LogP contribution in [0.3, 0.4) is 0 Å². The van der Waals surface area contributed by atoms with Crippen LogP contribution in [0.25, 0.3) is 0 Å². The molecule has 1 amide bonds. The molecule has 1 saturated carbocycles. The topological polar surface area (TPSA) is 66.8 Å². The van der Waals surface area contributed by atoms with Crippen LogP contribution in [0.1, 0.15) is 11.3 Å². The van der Waals surface area contributed by atoms with Gasteiger partial charge in [-0.05, 0) is 17.9 Å². The number of thiophene rings is 1. The van der Waals surface area contributed by atoms with Crippen LogP contribution in [0.15, 0.2) is 17.5 Å². The number of methoxy groups -OCH3 is 1. The Morgan fingerprint density at radius 2 is 2.32 bits per heavy atom. The number of ether oxygens (including phenoxy) is 1. The van der Waals surface area contributed by atoms with Gasteiger partial charge in [0.05, 0.1) is 25.0 Å². The minimum atomic E-state index is -0.874. The van der Waals surface area contributed by atoms with Gasteiger partial charge < -0.3 is 14.7 Å². The number of carbonyl (C=O) groups excluding carboxylic acids is 1. The maximum atomic E-state index is 12.3. The molecule has 1 aromatic rings. The molecule has 1 fully saturated rings. The molecule has 1 aliphatic carbocycles.